The molecule has 0 atom stereocenters. The minimum Gasteiger partial charge on any atom is -0.343 e. The number of rotatable bonds is 5. The zero-order valence-electron chi connectivity index (χ0n) is 15.6. The molecule has 1 aromatic carbocycles. The molecule has 0 saturated heterocycles. The second kappa shape index (κ2) is 7.96. The fourth-order valence-corrected chi connectivity index (χ4v) is 4.45. The highest BCUT2D eigenvalue weighted by Crippen LogP contribution is 2.42. The third-order valence-corrected chi connectivity index (χ3v) is 7.03. The van der Waals surface area contributed by atoms with Gasteiger partial charge < -0.3 is 4.84 Å². The SMILES string of the molecule is CC1(O/N=C/c2cccc(C(F)(F)F)c2)N(S(=O)(=O)C(F)(F)F)C=CN1S(=O)(=O)C(F)(F)F. The van der Waals surface area contributed by atoms with E-state index in [0.717, 1.165) is 12.1 Å². The lowest BCUT2D eigenvalue weighted by atomic mass is 10.1. The molecule has 2 rings (SSSR count). The van der Waals surface area contributed by atoms with Crippen LogP contribution in [0.4, 0.5) is 39.5 Å². The van der Waals surface area contributed by atoms with Crippen molar-refractivity contribution in [1.29, 1.82) is 0 Å². The van der Waals surface area contributed by atoms with Gasteiger partial charge in [0.1, 0.15) is 0 Å². The van der Waals surface area contributed by atoms with Gasteiger partial charge in [-0.05, 0) is 17.7 Å². The van der Waals surface area contributed by atoms with E-state index in [1.54, 1.807) is 0 Å². The van der Waals surface area contributed by atoms with Crippen molar-refractivity contribution in [2.75, 3.05) is 0 Å². The van der Waals surface area contributed by atoms with Crippen LogP contribution in [0.3, 0.4) is 0 Å². The summed E-state index contributed by atoms with van der Waals surface area (Å²) >= 11 is 0. The largest absolute Gasteiger partial charge is 0.516 e. The molecule has 0 bridgehead atoms. The first-order valence-electron chi connectivity index (χ1n) is 7.94. The number of halogens is 9. The van der Waals surface area contributed by atoms with Gasteiger partial charge in [0.25, 0.3) is 0 Å². The number of hydrogen-bond acceptors (Lipinski definition) is 6. The van der Waals surface area contributed by atoms with E-state index >= 15 is 0 Å². The molecular formula is C14H10F9N3O5S2. The minimum atomic E-state index is -6.52. The van der Waals surface area contributed by atoms with Crippen LogP contribution in [0.1, 0.15) is 18.1 Å². The summed E-state index contributed by atoms with van der Waals surface area (Å²) in [5.74, 6) is -3.61. The van der Waals surface area contributed by atoms with Crippen LogP contribution in [0.2, 0.25) is 0 Å². The number of sulfonamides is 2. The summed E-state index contributed by atoms with van der Waals surface area (Å²) in [6.45, 7) is 0.197. The first-order chi connectivity index (χ1) is 14.7. The minimum absolute atomic E-state index is 0.161. The Balaban J connectivity index is 2.53. The third kappa shape index (κ3) is 4.82. The molecule has 1 heterocycles. The quantitative estimate of drug-likeness (QED) is 0.327. The summed E-state index contributed by atoms with van der Waals surface area (Å²) < 4.78 is 161. The van der Waals surface area contributed by atoms with Crippen LogP contribution in [-0.2, 0) is 31.1 Å². The summed E-state index contributed by atoms with van der Waals surface area (Å²) in [6, 6.07) is 2.96. The first-order valence-corrected chi connectivity index (χ1v) is 10.8. The monoisotopic (exact) mass is 535 g/mol. The number of benzene rings is 1. The van der Waals surface area contributed by atoms with E-state index in [2.05, 4.69) is 9.99 Å². The maximum atomic E-state index is 13.0. The van der Waals surface area contributed by atoms with E-state index in [1.165, 1.54) is 0 Å². The Bertz CT molecular complexity index is 1120. The molecule has 0 radical (unpaired) electrons. The predicted molar refractivity (Wildman–Crippen MR) is 91.3 cm³/mol. The second-order valence-electron chi connectivity index (χ2n) is 6.17. The van der Waals surface area contributed by atoms with E-state index in [-0.39, 0.29) is 19.3 Å². The number of alkyl halides is 9. The van der Waals surface area contributed by atoms with Crippen LogP contribution >= 0.6 is 0 Å². The fourth-order valence-electron chi connectivity index (χ4n) is 2.39. The van der Waals surface area contributed by atoms with E-state index in [9.17, 15) is 56.3 Å². The van der Waals surface area contributed by atoms with Gasteiger partial charge in [-0.25, -0.2) is 8.61 Å². The van der Waals surface area contributed by atoms with Gasteiger partial charge in [0.15, 0.2) is 0 Å². The van der Waals surface area contributed by atoms with Gasteiger partial charge in [-0.2, -0.15) is 56.3 Å². The summed E-state index contributed by atoms with van der Waals surface area (Å²) in [4.78, 5) is 4.43. The van der Waals surface area contributed by atoms with Crippen molar-refractivity contribution < 1.29 is 61.2 Å². The average molecular weight is 535 g/mol. The van der Waals surface area contributed by atoms with E-state index < -0.39 is 62.8 Å². The van der Waals surface area contributed by atoms with Crippen LogP contribution in [-0.4, -0.2) is 48.5 Å². The average Bonchev–Trinajstić information content (AvgIpc) is 2.97. The van der Waals surface area contributed by atoms with Gasteiger partial charge in [0, 0.05) is 19.3 Å². The molecule has 0 N–H and O–H groups in total. The van der Waals surface area contributed by atoms with E-state index in [1.807, 2.05) is 0 Å². The van der Waals surface area contributed by atoms with E-state index in [0.29, 0.717) is 18.3 Å². The zero-order chi connectivity index (χ0) is 25.7. The van der Waals surface area contributed by atoms with Crippen molar-refractivity contribution in [3.05, 3.63) is 47.8 Å². The standard InChI is InChI=1S/C14H10F9N3O5S2/c1-11(31-24-8-9-3-2-4-10(7-9)12(15,16)17)25(32(27,28)13(18,19)20)5-6-26(11)33(29,30)14(21,22)23/h2-8H,1H3/b24-8+. The third-order valence-electron chi connectivity index (χ3n) is 3.90. The molecule has 1 aromatic rings. The lowest BCUT2D eigenvalue weighted by Crippen LogP contribution is -2.59. The number of hydrogen-bond donors (Lipinski definition) is 0. The predicted octanol–water partition coefficient (Wildman–Crippen LogP) is 3.52. The van der Waals surface area contributed by atoms with Gasteiger partial charge in [-0.15, -0.1) is 0 Å². The highest BCUT2D eigenvalue weighted by molar-refractivity contribution is 7.91. The normalized spacial score (nSPS) is 17.8. The van der Waals surface area contributed by atoms with Crippen molar-refractivity contribution in [3.63, 3.8) is 0 Å². The number of nitrogens with zero attached hydrogens (tertiary/aromatic N) is 3. The molecule has 0 amide bonds. The first kappa shape index (κ1) is 26.6. The number of oxime groups is 1. The molecule has 0 unspecified atom stereocenters. The van der Waals surface area contributed by atoms with Gasteiger partial charge in [0.2, 0.25) is 0 Å². The van der Waals surface area contributed by atoms with Crippen molar-refractivity contribution in [2.24, 2.45) is 5.16 Å². The van der Waals surface area contributed by atoms with Crippen molar-refractivity contribution in [2.45, 2.75) is 30.0 Å². The van der Waals surface area contributed by atoms with Crippen LogP contribution in [0.5, 0.6) is 0 Å². The maximum absolute atomic E-state index is 13.0. The Hall–Kier alpha value is -2.70. The molecule has 0 spiro atoms. The highest BCUT2D eigenvalue weighted by Gasteiger charge is 2.65. The fraction of sp³-hybridized carbons (Fsp3) is 0.357. The van der Waals surface area contributed by atoms with E-state index in [4.69, 9.17) is 0 Å². The Labute approximate surface area is 179 Å². The Morgan fingerprint density at radius 1 is 0.879 bits per heavy atom. The molecule has 8 nitrogen and oxygen atoms in total. The Morgan fingerprint density at radius 3 is 1.73 bits per heavy atom. The molecule has 186 valence electrons. The van der Waals surface area contributed by atoms with Gasteiger partial charge >= 0.3 is 43.1 Å². The molecule has 33 heavy (non-hydrogen) atoms. The van der Waals surface area contributed by atoms with Gasteiger partial charge in [0.05, 0.1) is 11.8 Å². The Kier molecular flexibility index (Phi) is 6.40. The molecule has 0 saturated carbocycles. The molecule has 0 aromatic heterocycles. The summed E-state index contributed by atoms with van der Waals surface area (Å²) in [5.41, 5.74) is -13.8. The highest BCUT2D eigenvalue weighted by atomic mass is 32.2. The molecule has 0 aliphatic carbocycles. The van der Waals surface area contributed by atoms with Gasteiger partial charge in [-0.1, -0.05) is 17.3 Å². The van der Waals surface area contributed by atoms with Crippen molar-refractivity contribution in [3.8, 4) is 0 Å². The molecule has 0 fully saturated rings. The smallest absolute Gasteiger partial charge is 0.343 e. The van der Waals surface area contributed by atoms with Crippen LogP contribution in [0.25, 0.3) is 0 Å². The molecular weight excluding hydrogens is 525 g/mol. The van der Waals surface area contributed by atoms with Crippen LogP contribution in [0, 0.1) is 0 Å². The molecule has 19 heteroatoms. The van der Waals surface area contributed by atoms with Crippen molar-refractivity contribution in [1.82, 2.24) is 8.61 Å². The molecule has 1 aliphatic rings. The van der Waals surface area contributed by atoms with Crippen molar-refractivity contribution >= 4 is 26.3 Å². The second-order valence-corrected chi connectivity index (χ2v) is 9.79. The van der Waals surface area contributed by atoms with Crippen LogP contribution < -0.4 is 0 Å². The zero-order valence-corrected chi connectivity index (χ0v) is 17.3. The lowest BCUT2D eigenvalue weighted by Gasteiger charge is -2.38. The lowest BCUT2D eigenvalue weighted by molar-refractivity contribution is -0.150. The molecule has 1 aliphatic heterocycles. The Morgan fingerprint density at radius 2 is 1.33 bits per heavy atom. The summed E-state index contributed by atoms with van der Waals surface area (Å²) in [6.07, 6.45) is -4.76. The summed E-state index contributed by atoms with van der Waals surface area (Å²) in [5, 5.41) is 2.93. The summed E-state index contributed by atoms with van der Waals surface area (Å²) in [7, 11) is -13.0. The maximum Gasteiger partial charge on any atom is 0.516 e. The topological polar surface area (TPSA) is 96.3 Å². The van der Waals surface area contributed by atoms with Gasteiger partial charge in [-0.3, -0.25) is 0 Å². The van der Waals surface area contributed by atoms with Crippen LogP contribution in [0.15, 0.2) is 41.8 Å².